The summed E-state index contributed by atoms with van der Waals surface area (Å²) in [5.41, 5.74) is 2.40. The Morgan fingerprint density at radius 3 is 3.13 bits per heavy atom. The van der Waals surface area contributed by atoms with Gasteiger partial charge in [0.1, 0.15) is 0 Å². The van der Waals surface area contributed by atoms with Crippen LogP contribution in [0.1, 0.15) is 23.7 Å². The summed E-state index contributed by atoms with van der Waals surface area (Å²) in [5.74, 6) is 2.02. The van der Waals surface area contributed by atoms with Gasteiger partial charge in [0.2, 0.25) is 0 Å². The molecule has 82 valence electrons. The Morgan fingerprint density at radius 2 is 2.40 bits per heavy atom. The number of aryl methyl sites for hydroxylation is 1. The maximum absolute atomic E-state index is 12.1. The normalized spacial score (nSPS) is 25.5. The van der Waals surface area contributed by atoms with Gasteiger partial charge < -0.3 is 5.32 Å². The van der Waals surface area contributed by atoms with Crippen LogP contribution >= 0.6 is 11.8 Å². The van der Waals surface area contributed by atoms with Crippen molar-refractivity contribution in [2.24, 2.45) is 0 Å². The first-order valence-corrected chi connectivity index (χ1v) is 6.62. The van der Waals surface area contributed by atoms with Crippen LogP contribution in [0.2, 0.25) is 0 Å². The van der Waals surface area contributed by atoms with Crippen LogP contribution in [0, 0.1) is 0 Å². The van der Waals surface area contributed by atoms with Crippen molar-refractivity contribution in [2.75, 3.05) is 18.8 Å². The third-order valence-electron chi connectivity index (χ3n) is 3.24. The predicted octanol–water partition coefficient (Wildman–Crippen LogP) is 0.500. The Morgan fingerprint density at radius 1 is 1.47 bits per heavy atom. The summed E-state index contributed by atoms with van der Waals surface area (Å²) < 4.78 is 1.84. The van der Waals surface area contributed by atoms with Gasteiger partial charge in [0.25, 0.3) is 5.56 Å². The van der Waals surface area contributed by atoms with Crippen molar-refractivity contribution in [3.05, 3.63) is 21.6 Å². The van der Waals surface area contributed by atoms with Gasteiger partial charge in [0.15, 0.2) is 0 Å². The van der Waals surface area contributed by atoms with Crippen molar-refractivity contribution in [3.8, 4) is 0 Å². The van der Waals surface area contributed by atoms with Gasteiger partial charge in [-0.25, -0.2) is 4.68 Å². The molecule has 0 amide bonds. The monoisotopic (exact) mass is 225 g/mol. The number of hydrogen-bond acceptors (Lipinski definition) is 3. The Balaban J connectivity index is 2.01. The molecule has 3 heterocycles. The summed E-state index contributed by atoms with van der Waals surface area (Å²) in [5, 5.41) is 6.59. The number of nitrogens with zero attached hydrogens (tertiary/aromatic N) is 1. The Bertz CT molecular complexity index is 417. The van der Waals surface area contributed by atoms with Crippen molar-refractivity contribution < 1.29 is 0 Å². The lowest BCUT2D eigenvalue weighted by Crippen LogP contribution is -2.25. The molecule has 1 fully saturated rings. The molecule has 1 atom stereocenters. The number of aromatic nitrogens is 2. The average molecular weight is 225 g/mol. The summed E-state index contributed by atoms with van der Waals surface area (Å²) >= 11 is 1.86. The van der Waals surface area contributed by atoms with Crippen molar-refractivity contribution >= 4 is 11.8 Å². The number of thioether (sulfide) groups is 1. The van der Waals surface area contributed by atoms with Gasteiger partial charge in [0.05, 0.1) is 6.04 Å². The van der Waals surface area contributed by atoms with Crippen LogP contribution in [-0.2, 0) is 12.2 Å². The van der Waals surface area contributed by atoms with E-state index in [1.807, 2.05) is 16.4 Å². The number of H-pyrrole nitrogens is 1. The second kappa shape index (κ2) is 3.72. The van der Waals surface area contributed by atoms with Gasteiger partial charge in [-0.3, -0.25) is 9.89 Å². The standard InChI is InChI=1S/C10H15N3OS/c14-10-8-6-15-4-2-9(8)12-13(10)7-1-3-11-5-7/h7,11-12H,1-6H2. The molecule has 0 aromatic carbocycles. The number of fused-ring (bicyclic) bond motifs is 1. The van der Waals surface area contributed by atoms with Crippen LogP contribution in [0.15, 0.2) is 4.79 Å². The highest BCUT2D eigenvalue weighted by Crippen LogP contribution is 2.22. The lowest BCUT2D eigenvalue weighted by molar-refractivity contribution is 0.473. The lowest BCUT2D eigenvalue weighted by Gasteiger charge is -2.08. The maximum atomic E-state index is 12.1. The molecular weight excluding hydrogens is 210 g/mol. The van der Waals surface area contributed by atoms with E-state index in [1.165, 1.54) is 5.69 Å². The predicted molar refractivity (Wildman–Crippen MR) is 61.4 cm³/mol. The highest BCUT2D eigenvalue weighted by molar-refractivity contribution is 7.98. The smallest absolute Gasteiger partial charge is 0.271 e. The number of hydrogen-bond donors (Lipinski definition) is 2. The van der Waals surface area contributed by atoms with E-state index in [0.29, 0.717) is 6.04 Å². The first-order chi connectivity index (χ1) is 7.36. The molecule has 0 aliphatic carbocycles. The van der Waals surface area contributed by atoms with E-state index in [-0.39, 0.29) is 5.56 Å². The van der Waals surface area contributed by atoms with Crippen LogP contribution in [0.4, 0.5) is 0 Å². The Labute approximate surface area is 92.4 Å². The molecular formula is C10H15N3OS. The van der Waals surface area contributed by atoms with Crippen molar-refractivity contribution in [3.63, 3.8) is 0 Å². The van der Waals surface area contributed by atoms with Crippen LogP contribution in [-0.4, -0.2) is 28.6 Å². The molecule has 5 heteroatoms. The lowest BCUT2D eigenvalue weighted by atomic mass is 10.2. The largest absolute Gasteiger partial charge is 0.315 e. The summed E-state index contributed by atoms with van der Waals surface area (Å²) in [6.07, 6.45) is 2.08. The van der Waals surface area contributed by atoms with Crippen LogP contribution < -0.4 is 10.9 Å². The first-order valence-electron chi connectivity index (χ1n) is 5.47. The number of rotatable bonds is 1. The molecule has 2 aliphatic rings. The zero-order valence-electron chi connectivity index (χ0n) is 8.58. The van der Waals surface area contributed by atoms with Gasteiger partial charge >= 0.3 is 0 Å². The zero-order valence-corrected chi connectivity index (χ0v) is 9.40. The van der Waals surface area contributed by atoms with E-state index in [0.717, 1.165) is 43.0 Å². The minimum Gasteiger partial charge on any atom is -0.315 e. The van der Waals surface area contributed by atoms with E-state index in [4.69, 9.17) is 0 Å². The van der Waals surface area contributed by atoms with Crippen LogP contribution in [0.3, 0.4) is 0 Å². The molecule has 2 aliphatic heterocycles. The zero-order chi connectivity index (χ0) is 10.3. The van der Waals surface area contributed by atoms with E-state index in [9.17, 15) is 4.79 Å². The van der Waals surface area contributed by atoms with Gasteiger partial charge in [-0.1, -0.05) is 0 Å². The van der Waals surface area contributed by atoms with Gasteiger partial charge in [-0.15, -0.1) is 0 Å². The molecule has 0 bridgehead atoms. The average Bonchev–Trinajstić information content (AvgIpc) is 2.87. The van der Waals surface area contributed by atoms with Crippen molar-refractivity contribution in [1.29, 1.82) is 0 Å². The van der Waals surface area contributed by atoms with Crippen LogP contribution in [0.5, 0.6) is 0 Å². The first kappa shape index (κ1) is 9.54. The molecule has 3 rings (SSSR count). The molecule has 1 aromatic rings. The molecule has 0 spiro atoms. The van der Waals surface area contributed by atoms with Crippen molar-refractivity contribution in [1.82, 2.24) is 15.1 Å². The number of aromatic amines is 1. The fraction of sp³-hybridized carbons (Fsp3) is 0.700. The summed E-state index contributed by atoms with van der Waals surface area (Å²) in [6, 6.07) is 0.341. The summed E-state index contributed by atoms with van der Waals surface area (Å²) in [6.45, 7) is 1.95. The molecule has 0 saturated carbocycles. The molecule has 2 N–H and O–H groups in total. The van der Waals surface area contributed by atoms with Gasteiger partial charge in [-0.2, -0.15) is 11.8 Å². The minimum atomic E-state index is 0.214. The minimum absolute atomic E-state index is 0.214. The topological polar surface area (TPSA) is 49.8 Å². The molecule has 1 aromatic heterocycles. The molecule has 15 heavy (non-hydrogen) atoms. The van der Waals surface area contributed by atoms with E-state index in [1.54, 1.807) is 0 Å². The maximum Gasteiger partial charge on any atom is 0.271 e. The Hall–Kier alpha value is -0.680. The molecule has 1 saturated heterocycles. The third kappa shape index (κ3) is 1.54. The third-order valence-corrected chi connectivity index (χ3v) is 4.22. The van der Waals surface area contributed by atoms with Crippen molar-refractivity contribution in [2.45, 2.75) is 24.6 Å². The number of nitrogens with one attached hydrogen (secondary N) is 2. The highest BCUT2D eigenvalue weighted by atomic mass is 32.2. The van der Waals surface area contributed by atoms with E-state index in [2.05, 4.69) is 10.4 Å². The molecule has 0 radical (unpaired) electrons. The van der Waals surface area contributed by atoms with Gasteiger partial charge in [0, 0.05) is 23.6 Å². The Kier molecular flexibility index (Phi) is 2.36. The highest BCUT2D eigenvalue weighted by Gasteiger charge is 2.23. The molecule has 1 unspecified atom stereocenters. The SMILES string of the molecule is O=c1c2c([nH]n1C1CCNC1)CCSC2. The fourth-order valence-electron chi connectivity index (χ4n) is 2.36. The molecule has 4 nitrogen and oxygen atoms in total. The summed E-state index contributed by atoms with van der Waals surface area (Å²) in [4.78, 5) is 12.1. The fourth-order valence-corrected chi connectivity index (χ4v) is 3.35. The van der Waals surface area contributed by atoms with E-state index < -0.39 is 0 Å². The second-order valence-electron chi connectivity index (χ2n) is 4.19. The van der Waals surface area contributed by atoms with Crippen LogP contribution in [0.25, 0.3) is 0 Å². The van der Waals surface area contributed by atoms with E-state index >= 15 is 0 Å². The van der Waals surface area contributed by atoms with Gasteiger partial charge in [-0.05, 0) is 25.1 Å². The quantitative estimate of drug-likeness (QED) is 0.732. The summed E-state index contributed by atoms with van der Waals surface area (Å²) in [7, 11) is 0. The second-order valence-corrected chi connectivity index (χ2v) is 5.30.